The third-order valence-electron chi connectivity index (χ3n) is 1.97. The number of aliphatic hydroxyl groups excluding tert-OH is 1. The molecule has 0 aromatic carbocycles. The Hall–Kier alpha value is -0.0200. The molecule has 0 amide bonds. The second-order valence-electron chi connectivity index (χ2n) is 5.06. The summed E-state index contributed by atoms with van der Waals surface area (Å²) in [5, 5.41) is 9.81. The fourth-order valence-electron chi connectivity index (χ4n) is 1.11. The van der Waals surface area contributed by atoms with Crippen molar-refractivity contribution < 1.29 is 9.90 Å². The van der Waals surface area contributed by atoms with Gasteiger partial charge in [0.15, 0.2) is 5.12 Å². The van der Waals surface area contributed by atoms with E-state index in [9.17, 15) is 9.90 Å². The van der Waals surface area contributed by atoms with Gasteiger partial charge in [-0.3, -0.25) is 4.79 Å². The first kappa shape index (κ1) is 14.0. The van der Waals surface area contributed by atoms with Gasteiger partial charge in [-0.2, -0.15) is 0 Å². The Labute approximate surface area is 91.5 Å². The van der Waals surface area contributed by atoms with Gasteiger partial charge in [0.25, 0.3) is 0 Å². The molecule has 0 aliphatic carbocycles. The zero-order chi connectivity index (χ0) is 11.5. The van der Waals surface area contributed by atoms with Gasteiger partial charge < -0.3 is 5.11 Å². The highest BCUT2D eigenvalue weighted by molar-refractivity contribution is 8.14. The molecule has 0 spiro atoms. The first-order chi connectivity index (χ1) is 6.15. The molecule has 2 nitrogen and oxygen atoms in total. The number of rotatable bonds is 3. The summed E-state index contributed by atoms with van der Waals surface area (Å²) < 4.78 is -0.0674. The molecule has 0 aromatic rings. The van der Waals surface area contributed by atoms with E-state index < -0.39 is 6.10 Å². The van der Waals surface area contributed by atoms with Gasteiger partial charge >= 0.3 is 0 Å². The van der Waals surface area contributed by atoms with Gasteiger partial charge in [-0.05, 0) is 5.92 Å². The zero-order valence-electron chi connectivity index (χ0n) is 10.00. The number of carbonyl (C=O) groups excluding carboxylic acids is 1. The van der Waals surface area contributed by atoms with Crippen LogP contribution in [0.5, 0.6) is 0 Å². The van der Waals surface area contributed by atoms with Crippen molar-refractivity contribution in [2.75, 3.05) is 0 Å². The molecular formula is C11H22O2S. The van der Waals surface area contributed by atoms with Crippen LogP contribution in [0.15, 0.2) is 0 Å². The molecule has 0 saturated carbocycles. The Balaban J connectivity index is 4.26. The molecule has 1 N–H and O–H groups in total. The lowest BCUT2D eigenvalue weighted by Crippen LogP contribution is -2.30. The van der Waals surface area contributed by atoms with Crippen LogP contribution in [0.4, 0.5) is 0 Å². The van der Waals surface area contributed by atoms with E-state index in [1.54, 1.807) is 6.92 Å². The van der Waals surface area contributed by atoms with Crippen molar-refractivity contribution in [2.45, 2.75) is 52.4 Å². The second-order valence-corrected chi connectivity index (χ2v) is 6.89. The molecule has 14 heavy (non-hydrogen) atoms. The van der Waals surface area contributed by atoms with Crippen molar-refractivity contribution in [2.24, 2.45) is 11.8 Å². The first-order valence-corrected chi connectivity index (χ1v) is 5.87. The molecule has 0 aliphatic heterocycles. The van der Waals surface area contributed by atoms with Gasteiger partial charge in [-0.1, -0.05) is 53.3 Å². The largest absolute Gasteiger partial charge is 0.392 e. The van der Waals surface area contributed by atoms with Crippen molar-refractivity contribution in [3.63, 3.8) is 0 Å². The Morgan fingerprint density at radius 3 is 1.93 bits per heavy atom. The Morgan fingerprint density at radius 2 is 1.64 bits per heavy atom. The highest BCUT2D eigenvalue weighted by atomic mass is 32.2. The van der Waals surface area contributed by atoms with E-state index in [0.29, 0.717) is 0 Å². The third-order valence-corrected chi connectivity index (χ3v) is 3.16. The number of hydrogen-bond acceptors (Lipinski definition) is 3. The second kappa shape index (κ2) is 5.17. The van der Waals surface area contributed by atoms with E-state index >= 15 is 0 Å². The predicted octanol–water partition coefficient (Wildman–Crippen LogP) is 2.70. The molecule has 0 bridgehead atoms. The predicted molar refractivity (Wildman–Crippen MR) is 62.4 cm³/mol. The molecule has 0 fully saturated rings. The van der Waals surface area contributed by atoms with Gasteiger partial charge in [-0.25, -0.2) is 0 Å². The van der Waals surface area contributed by atoms with Crippen LogP contribution in [0.2, 0.25) is 0 Å². The third kappa shape index (κ3) is 5.01. The van der Waals surface area contributed by atoms with Crippen LogP contribution in [0.25, 0.3) is 0 Å². The summed E-state index contributed by atoms with van der Waals surface area (Å²) in [6.07, 6.45) is -0.530. The fourth-order valence-corrected chi connectivity index (χ4v) is 2.04. The van der Waals surface area contributed by atoms with Crippen LogP contribution < -0.4 is 0 Å². The van der Waals surface area contributed by atoms with Gasteiger partial charge in [0, 0.05) is 4.75 Å². The maximum Gasteiger partial charge on any atom is 0.194 e. The lowest BCUT2D eigenvalue weighted by atomic mass is 9.96. The summed E-state index contributed by atoms with van der Waals surface area (Å²) in [5.41, 5.74) is 0. The minimum Gasteiger partial charge on any atom is -0.392 e. The van der Waals surface area contributed by atoms with Crippen LogP contribution in [0.3, 0.4) is 0 Å². The van der Waals surface area contributed by atoms with E-state index in [2.05, 4.69) is 0 Å². The molecule has 84 valence electrons. The molecule has 0 aliphatic rings. The van der Waals surface area contributed by atoms with E-state index in [4.69, 9.17) is 0 Å². The van der Waals surface area contributed by atoms with Gasteiger partial charge in [0.05, 0.1) is 12.0 Å². The van der Waals surface area contributed by atoms with Crippen LogP contribution in [0, 0.1) is 11.8 Å². The number of thioether (sulfide) groups is 1. The van der Waals surface area contributed by atoms with Crippen LogP contribution in [0.1, 0.15) is 41.5 Å². The molecule has 2 atom stereocenters. The Morgan fingerprint density at radius 1 is 1.21 bits per heavy atom. The molecule has 0 saturated heterocycles. The highest BCUT2D eigenvalue weighted by Crippen LogP contribution is 2.29. The first-order valence-electron chi connectivity index (χ1n) is 5.06. The number of carbonyl (C=O) groups is 1. The summed E-state index contributed by atoms with van der Waals surface area (Å²) in [5.74, 6) is -0.145. The lowest BCUT2D eigenvalue weighted by Gasteiger charge is -2.24. The minimum absolute atomic E-state index is 0.0674. The number of hydrogen-bond donors (Lipinski definition) is 1. The highest BCUT2D eigenvalue weighted by Gasteiger charge is 2.28. The van der Waals surface area contributed by atoms with Crippen molar-refractivity contribution in [1.29, 1.82) is 0 Å². The molecule has 0 radical (unpaired) electrons. The summed E-state index contributed by atoms with van der Waals surface area (Å²) in [4.78, 5) is 11.7. The monoisotopic (exact) mass is 218 g/mol. The maximum absolute atomic E-state index is 11.7. The van der Waals surface area contributed by atoms with Crippen LogP contribution in [-0.2, 0) is 4.79 Å². The zero-order valence-corrected chi connectivity index (χ0v) is 10.8. The summed E-state index contributed by atoms with van der Waals surface area (Å²) in [6, 6.07) is 0. The van der Waals surface area contributed by atoms with Gasteiger partial charge in [-0.15, -0.1) is 0 Å². The van der Waals surface area contributed by atoms with Crippen molar-refractivity contribution in [3.8, 4) is 0 Å². The van der Waals surface area contributed by atoms with Gasteiger partial charge in [0.2, 0.25) is 0 Å². The van der Waals surface area contributed by atoms with Crippen LogP contribution >= 0.6 is 11.8 Å². The van der Waals surface area contributed by atoms with Crippen molar-refractivity contribution in [3.05, 3.63) is 0 Å². The average molecular weight is 218 g/mol. The van der Waals surface area contributed by atoms with Crippen molar-refractivity contribution in [1.82, 2.24) is 0 Å². The van der Waals surface area contributed by atoms with Crippen LogP contribution in [-0.4, -0.2) is 21.1 Å². The normalized spacial score (nSPS) is 16.9. The molecule has 0 rings (SSSR count). The molecule has 3 heteroatoms. The van der Waals surface area contributed by atoms with Gasteiger partial charge in [0.1, 0.15) is 0 Å². The standard InChI is InChI=1S/C11H22O2S/c1-7(2)9(12)8(3)10(13)14-11(4,5)6/h7-9,12H,1-6H3/t8-,9+/m1/s1. The summed E-state index contributed by atoms with van der Waals surface area (Å²) in [7, 11) is 0. The molecule has 0 unspecified atom stereocenters. The lowest BCUT2D eigenvalue weighted by molar-refractivity contribution is -0.117. The van der Waals surface area contributed by atoms with E-state index in [-0.39, 0.29) is 21.7 Å². The summed E-state index contributed by atoms with van der Waals surface area (Å²) >= 11 is 1.31. The van der Waals surface area contributed by atoms with E-state index in [1.807, 2.05) is 34.6 Å². The molecular weight excluding hydrogens is 196 g/mol. The molecule has 0 aromatic heterocycles. The smallest absolute Gasteiger partial charge is 0.194 e. The average Bonchev–Trinajstić information content (AvgIpc) is 1.98. The molecule has 0 heterocycles. The topological polar surface area (TPSA) is 37.3 Å². The number of aliphatic hydroxyl groups is 1. The quantitative estimate of drug-likeness (QED) is 0.791. The maximum atomic E-state index is 11.7. The van der Waals surface area contributed by atoms with E-state index in [1.165, 1.54) is 11.8 Å². The summed E-state index contributed by atoms with van der Waals surface area (Å²) in [6.45, 7) is 11.7. The Kier molecular flexibility index (Phi) is 5.16. The fraction of sp³-hybridized carbons (Fsp3) is 0.909. The minimum atomic E-state index is -0.530. The van der Waals surface area contributed by atoms with Crippen molar-refractivity contribution >= 4 is 16.9 Å². The SMILES string of the molecule is CC(C)[C@H](O)[C@@H](C)C(=O)SC(C)(C)C. The Bertz CT molecular complexity index is 194. The van der Waals surface area contributed by atoms with E-state index in [0.717, 1.165) is 0 Å².